The highest BCUT2D eigenvalue weighted by molar-refractivity contribution is 5.85. The summed E-state index contributed by atoms with van der Waals surface area (Å²) in [5, 5.41) is 9.16. The maximum Gasteiger partial charge on any atom is 0.123 e. The molecular formula is C8H11ClFNO. The molecule has 12 heavy (non-hydrogen) atoms. The molecule has 0 fully saturated rings. The topological polar surface area (TPSA) is 46.2 Å². The molecule has 0 aromatic heterocycles. The second kappa shape index (κ2) is 4.28. The van der Waals surface area contributed by atoms with Gasteiger partial charge in [-0.3, -0.25) is 0 Å². The van der Waals surface area contributed by atoms with E-state index < -0.39 is 0 Å². The number of hydrogen-bond acceptors (Lipinski definition) is 2. The molecule has 0 amide bonds. The SMILES string of the molecule is C[C@@H](N)c1cc(F)ccc1O.Cl. The van der Waals surface area contributed by atoms with E-state index in [0.717, 1.165) is 0 Å². The van der Waals surface area contributed by atoms with E-state index in [1.165, 1.54) is 18.2 Å². The van der Waals surface area contributed by atoms with E-state index in [2.05, 4.69) is 0 Å². The van der Waals surface area contributed by atoms with Gasteiger partial charge in [0, 0.05) is 11.6 Å². The number of phenols is 1. The van der Waals surface area contributed by atoms with E-state index in [1.807, 2.05) is 0 Å². The average Bonchev–Trinajstić information content (AvgIpc) is 1.94. The molecule has 0 radical (unpaired) electrons. The Labute approximate surface area is 76.6 Å². The Bertz CT molecular complexity index is 265. The molecule has 3 N–H and O–H groups in total. The smallest absolute Gasteiger partial charge is 0.123 e. The van der Waals surface area contributed by atoms with Crippen LogP contribution in [-0.4, -0.2) is 5.11 Å². The fraction of sp³-hybridized carbons (Fsp3) is 0.250. The van der Waals surface area contributed by atoms with Crippen LogP contribution in [-0.2, 0) is 0 Å². The Morgan fingerprint density at radius 3 is 2.50 bits per heavy atom. The lowest BCUT2D eigenvalue weighted by atomic mass is 10.1. The molecule has 0 aliphatic heterocycles. The van der Waals surface area contributed by atoms with Crippen molar-refractivity contribution in [3.05, 3.63) is 29.6 Å². The largest absolute Gasteiger partial charge is 0.508 e. The summed E-state index contributed by atoms with van der Waals surface area (Å²) in [6, 6.07) is 3.39. The van der Waals surface area contributed by atoms with Crippen molar-refractivity contribution >= 4 is 12.4 Å². The lowest BCUT2D eigenvalue weighted by Crippen LogP contribution is -2.05. The summed E-state index contributed by atoms with van der Waals surface area (Å²) in [4.78, 5) is 0. The van der Waals surface area contributed by atoms with Crippen molar-refractivity contribution in [3.63, 3.8) is 0 Å². The molecule has 0 saturated heterocycles. The van der Waals surface area contributed by atoms with Crippen molar-refractivity contribution in [2.24, 2.45) is 5.73 Å². The Hall–Kier alpha value is -0.800. The zero-order valence-electron chi connectivity index (χ0n) is 6.62. The number of benzene rings is 1. The lowest BCUT2D eigenvalue weighted by molar-refractivity contribution is 0.461. The molecule has 68 valence electrons. The van der Waals surface area contributed by atoms with E-state index in [1.54, 1.807) is 6.92 Å². The first-order valence-corrected chi connectivity index (χ1v) is 3.35. The molecule has 2 nitrogen and oxygen atoms in total. The highest BCUT2D eigenvalue weighted by atomic mass is 35.5. The van der Waals surface area contributed by atoms with E-state index >= 15 is 0 Å². The van der Waals surface area contributed by atoms with Crippen molar-refractivity contribution in [3.8, 4) is 5.75 Å². The van der Waals surface area contributed by atoms with Gasteiger partial charge in [-0.2, -0.15) is 0 Å². The molecule has 1 rings (SSSR count). The zero-order valence-corrected chi connectivity index (χ0v) is 7.44. The minimum absolute atomic E-state index is 0. The summed E-state index contributed by atoms with van der Waals surface area (Å²) < 4.78 is 12.5. The van der Waals surface area contributed by atoms with Crippen LogP contribution in [0.2, 0.25) is 0 Å². The molecule has 0 spiro atoms. The number of aromatic hydroxyl groups is 1. The molecule has 0 aliphatic carbocycles. The predicted octanol–water partition coefficient (Wildman–Crippen LogP) is 1.97. The van der Waals surface area contributed by atoms with Crippen molar-refractivity contribution in [2.75, 3.05) is 0 Å². The Morgan fingerprint density at radius 1 is 1.50 bits per heavy atom. The molecule has 1 aromatic carbocycles. The normalized spacial score (nSPS) is 11.9. The first-order chi connectivity index (χ1) is 5.11. The summed E-state index contributed by atoms with van der Waals surface area (Å²) in [5.41, 5.74) is 5.89. The number of phenolic OH excluding ortho intramolecular Hbond substituents is 1. The summed E-state index contributed by atoms with van der Waals surface area (Å²) in [5.74, 6) is -0.337. The predicted molar refractivity (Wildman–Crippen MR) is 47.9 cm³/mol. The number of rotatable bonds is 1. The van der Waals surface area contributed by atoms with Crippen LogP contribution in [0.4, 0.5) is 4.39 Å². The molecule has 0 bridgehead atoms. The van der Waals surface area contributed by atoms with Crippen LogP contribution in [0.15, 0.2) is 18.2 Å². The van der Waals surface area contributed by atoms with Crippen LogP contribution in [0, 0.1) is 5.82 Å². The molecular weight excluding hydrogens is 181 g/mol. The van der Waals surface area contributed by atoms with Crippen LogP contribution in [0.5, 0.6) is 5.75 Å². The van der Waals surface area contributed by atoms with Gasteiger partial charge in [-0.15, -0.1) is 12.4 Å². The highest BCUT2D eigenvalue weighted by Crippen LogP contribution is 2.22. The van der Waals surface area contributed by atoms with E-state index in [-0.39, 0.29) is 30.0 Å². The van der Waals surface area contributed by atoms with Gasteiger partial charge in [0.25, 0.3) is 0 Å². The van der Waals surface area contributed by atoms with Crippen LogP contribution >= 0.6 is 12.4 Å². The molecule has 1 aromatic rings. The lowest BCUT2D eigenvalue weighted by Gasteiger charge is -2.07. The highest BCUT2D eigenvalue weighted by Gasteiger charge is 2.05. The Morgan fingerprint density at radius 2 is 2.08 bits per heavy atom. The quantitative estimate of drug-likeness (QED) is 0.713. The molecule has 0 unspecified atom stereocenters. The van der Waals surface area contributed by atoms with Gasteiger partial charge in [0.2, 0.25) is 0 Å². The van der Waals surface area contributed by atoms with E-state index in [0.29, 0.717) is 5.56 Å². The van der Waals surface area contributed by atoms with Crippen LogP contribution < -0.4 is 5.73 Å². The second-order valence-electron chi connectivity index (χ2n) is 2.49. The van der Waals surface area contributed by atoms with Crippen molar-refractivity contribution < 1.29 is 9.50 Å². The molecule has 0 aliphatic rings. The maximum absolute atomic E-state index is 12.5. The third kappa shape index (κ3) is 2.36. The van der Waals surface area contributed by atoms with Crippen molar-refractivity contribution in [1.29, 1.82) is 0 Å². The van der Waals surface area contributed by atoms with Gasteiger partial charge in [-0.1, -0.05) is 0 Å². The second-order valence-corrected chi connectivity index (χ2v) is 2.49. The first kappa shape index (κ1) is 11.2. The minimum Gasteiger partial charge on any atom is -0.508 e. The molecule has 0 saturated carbocycles. The van der Waals surface area contributed by atoms with E-state index in [4.69, 9.17) is 10.8 Å². The third-order valence-electron chi connectivity index (χ3n) is 1.48. The average molecular weight is 192 g/mol. The first-order valence-electron chi connectivity index (χ1n) is 3.35. The van der Waals surface area contributed by atoms with Gasteiger partial charge >= 0.3 is 0 Å². The van der Waals surface area contributed by atoms with Gasteiger partial charge in [0.15, 0.2) is 0 Å². The monoisotopic (exact) mass is 191 g/mol. The number of halogens is 2. The van der Waals surface area contributed by atoms with Gasteiger partial charge in [-0.05, 0) is 25.1 Å². The summed E-state index contributed by atoms with van der Waals surface area (Å²) in [6.07, 6.45) is 0. The third-order valence-corrected chi connectivity index (χ3v) is 1.48. The van der Waals surface area contributed by atoms with E-state index in [9.17, 15) is 4.39 Å². The van der Waals surface area contributed by atoms with Gasteiger partial charge in [-0.25, -0.2) is 4.39 Å². The zero-order chi connectivity index (χ0) is 8.43. The fourth-order valence-corrected chi connectivity index (χ4v) is 0.890. The van der Waals surface area contributed by atoms with Gasteiger partial charge in [0.1, 0.15) is 11.6 Å². The number of hydrogen-bond donors (Lipinski definition) is 2. The van der Waals surface area contributed by atoms with Crippen LogP contribution in [0.1, 0.15) is 18.5 Å². The Balaban J connectivity index is 0.00000121. The molecule has 4 heteroatoms. The molecule has 1 atom stereocenters. The summed E-state index contributed by atoms with van der Waals surface area (Å²) in [7, 11) is 0. The molecule has 0 heterocycles. The summed E-state index contributed by atoms with van der Waals surface area (Å²) in [6.45, 7) is 1.69. The van der Waals surface area contributed by atoms with Crippen LogP contribution in [0.25, 0.3) is 0 Å². The Kier molecular flexibility index (Phi) is 4.00. The van der Waals surface area contributed by atoms with Crippen molar-refractivity contribution in [2.45, 2.75) is 13.0 Å². The standard InChI is InChI=1S/C8H10FNO.ClH/c1-5(10)7-4-6(9)2-3-8(7)11;/h2-5,11H,10H2,1H3;1H/t5-;/m1./s1. The van der Waals surface area contributed by atoms with Crippen molar-refractivity contribution in [1.82, 2.24) is 0 Å². The minimum atomic E-state index is -0.380. The maximum atomic E-state index is 12.5. The van der Waals surface area contributed by atoms with Crippen LogP contribution in [0.3, 0.4) is 0 Å². The summed E-state index contributed by atoms with van der Waals surface area (Å²) >= 11 is 0. The fourth-order valence-electron chi connectivity index (χ4n) is 0.890. The number of nitrogens with two attached hydrogens (primary N) is 1. The van der Waals surface area contributed by atoms with Gasteiger partial charge in [0.05, 0.1) is 0 Å². The van der Waals surface area contributed by atoms with Gasteiger partial charge < -0.3 is 10.8 Å².